The van der Waals surface area contributed by atoms with Gasteiger partial charge in [0, 0.05) is 29.4 Å². The highest BCUT2D eigenvalue weighted by molar-refractivity contribution is 6.37. The van der Waals surface area contributed by atoms with Crippen LogP contribution in [0, 0.1) is 5.82 Å². The highest BCUT2D eigenvalue weighted by Crippen LogP contribution is 2.23. The van der Waals surface area contributed by atoms with Crippen LogP contribution in [0.4, 0.5) is 4.39 Å². The van der Waals surface area contributed by atoms with Gasteiger partial charge in [-0.05, 0) is 48.0 Å². The summed E-state index contributed by atoms with van der Waals surface area (Å²) in [6.45, 7) is 0.489. The zero-order valence-electron chi connectivity index (χ0n) is 14.8. The minimum Gasteiger partial charge on any atom is -0.490 e. The van der Waals surface area contributed by atoms with Gasteiger partial charge in [-0.15, -0.1) is 0 Å². The van der Waals surface area contributed by atoms with E-state index in [1.54, 1.807) is 42.7 Å². The maximum absolute atomic E-state index is 12.9. The van der Waals surface area contributed by atoms with Crippen LogP contribution in [-0.2, 0) is 11.3 Å². The van der Waals surface area contributed by atoms with Gasteiger partial charge in [-0.25, -0.2) is 4.39 Å². The topological polar surface area (TPSA) is 43.7 Å². The molecule has 7 heteroatoms. The first kappa shape index (κ1) is 20.1. The Labute approximate surface area is 172 Å². The summed E-state index contributed by atoms with van der Waals surface area (Å²) in [7, 11) is 0. The van der Waals surface area contributed by atoms with Gasteiger partial charge in [0.1, 0.15) is 18.2 Å². The molecule has 0 unspecified atom stereocenters. The summed E-state index contributed by atoms with van der Waals surface area (Å²) < 4.78 is 18.4. The van der Waals surface area contributed by atoms with E-state index in [9.17, 15) is 4.39 Å². The molecule has 0 atom stereocenters. The van der Waals surface area contributed by atoms with Crippen molar-refractivity contribution >= 4 is 28.9 Å². The van der Waals surface area contributed by atoms with E-state index < -0.39 is 0 Å². The molecule has 0 aliphatic carbocycles. The second-order valence-corrected chi connectivity index (χ2v) is 6.68. The average molecular weight is 419 g/mol. The van der Waals surface area contributed by atoms with Crippen molar-refractivity contribution in [2.45, 2.75) is 6.42 Å². The van der Waals surface area contributed by atoms with Gasteiger partial charge in [-0.2, -0.15) is 0 Å². The fourth-order valence-electron chi connectivity index (χ4n) is 2.45. The predicted octanol–water partition coefficient (Wildman–Crippen LogP) is 5.57. The van der Waals surface area contributed by atoms with Crippen molar-refractivity contribution in [1.29, 1.82) is 0 Å². The van der Waals surface area contributed by atoms with Crippen LogP contribution in [0.3, 0.4) is 0 Å². The molecule has 0 aliphatic rings. The van der Waals surface area contributed by atoms with Gasteiger partial charge in [0.25, 0.3) is 0 Å². The summed E-state index contributed by atoms with van der Waals surface area (Å²) in [5, 5.41) is 5.28. The van der Waals surface area contributed by atoms with Crippen LogP contribution in [0.15, 0.2) is 72.1 Å². The van der Waals surface area contributed by atoms with Gasteiger partial charge in [-0.3, -0.25) is 4.98 Å². The number of hydrogen-bond acceptors (Lipinski definition) is 4. The minimum atomic E-state index is -0.312. The summed E-state index contributed by atoms with van der Waals surface area (Å²) in [5.41, 5.74) is 2.35. The molecule has 0 N–H and O–H groups in total. The lowest BCUT2D eigenvalue weighted by Crippen LogP contribution is -2.10. The van der Waals surface area contributed by atoms with Crippen LogP contribution in [-0.4, -0.2) is 23.9 Å². The third kappa shape index (κ3) is 5.94. The fourth-order valence-corrected chi connectivity index (χ4v) is 2.96. The summed E-state index contributed by atoms with van der Waals surface area (Å²) in [5.74, 6) is 0.249. The largest absolute Gasteiger partial charge is 0.490 e. The van der Waals surface area contributed by atoms with E-state index in [1.807, 2.05) is 12.1 Å². The lowest BCUT2D eigenvalue weighted by Gasteiger charge is -2.10. The molecule has 2 aromatic carbocycles. The number of benzene rings is 2. The first-order valence-electron chi connectivity index (χ1n) is 8.53. The van der Waals surface area contributed by atoms with E-state index in [0.717, 1.165) is 11.1 Å². The molecule has 0 bridgehead atoms. The van der Waals surface area contributed by atoms with Crippen molar-refractivity contribution < 1.29 is 14.0 Å². The van der Waals surface area contributed by atoms with Gasteiger partial charge in [0.2, 0.25) is 0 Å². The highest BCUT2D eigenvalue weighted by atomic mass is 35.5. The van der Waals surface area contributed by atoms with Gasteiger partial charge in [0.05, 0.1) is 10.7 Å². The normalized spacial score (nSPS) is 11.3. The van der Waals surface area contributed by atoms with Crippen LogP contribution in [0.25, 0.3) is 0 Å². The van der Waals surface area contributed by atoms with Crippen LogP contribution in [0.5, 0.6) is 5.75 Å². The molecule has 28 heavy (non-hydrogen) atoms. The SMILES string of the molecule is Fc1ccc(OCCON=C(Cc2cccnc2)c2ccc(Cl)cc2Cl)cc1. The van der Waals surface area contributed by atoms with Crippen molar-refractivity contribution in [3.63, 3.8) is 0 Å². The van der Waals surface area contributed by atoms with E-state index in [2.05, 4.69) is 10.1 Å². The fraction of sp³-hybridized carbons (Fsp3) is 0.143. The van der Waals surface area contributed by atoms with Crippen molar-refractivity contribution in [1.82, 2.24) is 4.98 Å². The molecule has 0 aliphatic heterocycles. The monoisotopic (exact) mass is 418 g/mol. The Morgan fingerprint density at radius 3 is 2.57 bits per heavy atom. The predicted molar refractivity (Wildman–Crippen MR) is 109 cm³/mol. The molecule has 3 rings (SSSR count). The second-order valence-electron chi connectivity index (χ2n) is 5.84. The number of ether oxygens (including phenoxy) is 1. The number of halogens is 3. The second kappa shape index (κ2) is 10.1. The number of oxime groups is 1. The lowest BCUT2D eigenvalue weighted by atomic mass is 10.0. The summed E-state index contributed by atoms with van der Waals surface area (Å²) >= 11 is 12.3. The summed E-state index contributed by atoms with van der Waals surface area (Å²) in [4.78, 5) is 9.55. The summed E-state index contributed by atoms with van der Waals surface area (Å²) in [6.07, 6.45) is 3.96. The van der Waals surface area contributed by atoms with E-state index in [0.29, 0.717) is 27.9 Å². The van der Waals surface area contributed by atoms with E-state index in [4.69, 9.17) is 32.8 Å². The van der Waals surface area contributed by atoms with Crippen molar-refractivity contribution in [3.05, 3.63) is 94.0 Å². The van der Waals surface area contributed by atoms with Crippen molar-refractivity contribution in [2.24, 2.45) is 5.16 Å². The first-order chi connectivity index (χ1) is 13.6. The van der Waals surface area contributed by atoms with Crippen molar-refractivity contribution in [3.8, 4) is 5.75 Å². The van der Waals surface area contributed by atoms with Gasteiger partial charge < -0.3 is 9.57 Å². The molecule has 1 aromatic heterocycles. The van der Waals surface area contributed by atoms with Gasteiger partial charge in [-0.1, -0.05) is 40.5 Å². The van der Waals surface area contributed by atoms with Crippen LogP contribution < -0.4 is 4.74 Å². The number of rotatable bonds is 8. The van der Waals surface area contributed by atoms with Crippen LogP contribution in [0.1, 0.15) is 11.1 Å². The number of hydrogen-bond donors (Lipinski definition) is 0. The Kier molecular flexibility index (Phi) is 7.23. The molecule has 0 spiro atoms. The van der Waals surface area contributed by atoms with E-state index >= 15 is 0 Å². The third-order valence-electron chi connectivity index (χ3n) is 3.77. The Morgan fingerprint density at radius 2 is 1.86 bits per heavy atom. The smallest absolute Gasteiger partial charge is 0.151 e. The van der Waals surface area contributed by atoms with Crippen LogP contribution in [0.2, 0.25) is 10.0 Å². The third-order valence-corrected chi connectivity index (χ3v) is 4.32. The molecule has 0 amide bonds. The number of nitrogens with zero attached hydrogens (tertiary/aromatic N) is 2. The molecule has 0 saturated carbocycles. The standard InChI is InChI=1S/C21H17Cl2FN2O2/c22-16-3-8-19(20(23)13-16)21(12-15-2-1-9-25-14-15)26-28-11-10-27-18-6-4-17(24)5-7-18/h1-9,13-14H,10-12H2. The molecular weight excluding hydrogens is 402 g/mol. The molecule has 1 heterocycles. The van der Waals surface area contributed by atoms with E-state index in [-0.39, 0.29) is 19.0 Å². The molecule has 144 valence electrons. The Morgan fingerprint density at radius 1 is 1.04 bits per heavy atom. The van der Waals surface area contributed by atoms with Crippen molar-refractivity contribution in [2.75, 3.05) is 13.2 Å². The Hall–Kier alpha value is -2.63. The maximum Gasteiger partial charge on any atom is 0.151 e. The zero-order valence-corrected chi connectivity index (χ0v) is 16.3. The molecule has 0 saturated heterocycles. The lowest BCUT2D eigenvalue weighted by molar-refractivity contribution is 0.107. The minimum absolute atomic E-state index is 0.221. The number of aromatic nitrogens is 1. The molecule has 0 fully saturated rings. The Balaban J connectivity index is 1.66. The first-order valence-corrected chi connectivity index (χ1v) is 9.29. The van der Waals surface area contributed by atoms with E-state index in [1.165, 1.54) is 12.1 Å². The molecule has 0 radical (unpaired) electrons. The highest BCUT2D eigenvalue weighted by Gasteiger charge is 2.11. The average Bonchev–Trinajstić information content (AvgIpc) is 2.69. The maximum atomic E-state index is 12.9. The molecule has 3 aromatic rings. The zero-order chi connectivity index (χ0) is 19.8. The molecular formula is C21H17Cl2FN2O2. The molecule has 4 nitrogen and oxygen atoms in total. The number of pyridine rings is 1. The van der Waals surface area contributed by atoms with Gasteiger partial charge >= 0.3 is 0 Å². The summed E-state index contributed by atoms with van der Waals surface area (Å²) in [6, 6.07) is 14.8. The quantitative estimate of drug-likeness (QED) is 0.272. The van der Waals surface area contributed by atoms with Crippen LogP contribution >= 0.6 is 23.2 Å². The van der Waals surface area contributed by atoms with Gasteiger partial charge in [0.15, 0.2) is 6.61 Å². The Bertz CT molecular complexity index is 935.